The molecule has 1 saturated heterocycles. The molecule has 0 aromatic heterocycles. The van der Waals surface area contributed by atoms with Crippen molar-refractivity contribution in [3.63, 3.8) is 0 Å². The number of likely N-dealkylation sites (N-methyl/N-ethyl adjacent to an activating group) is 1. The van der Waals surface area contributed by atoms with E-state index in [1.165, 1.54) is 4.90 Å². The van der Waals surface area contributed by atoms with Crippen molar-refractivity contribution in [3.05, 3.63) is 53.7 Å². The Labute approximate surface area is 155 Å². The summed E-state index contributed by atoms with van der Waals surface area (Å²) < 4.78 is 0. The molecule has 5 nitrogen and oxygen atoms in total. The Morgan fingerprint density at radius 2 is 1.77 bits per heavy atom. The number of likely N-dealkylation sites (tertiary alicyclic amines) is 1. The van der Waals surface area contributed by atoms with Crippen molar-refractivity contribution >= 4 is 17.4 Å². The standard InChI is InChI=1S/C21H27N3O2/c1-5-12-24-20(25)18(16-8-6-15(2)7-9-16)19(21(24)26)23(4)17-10-13-22(3)14-11-17/h5-9,17H,1,10-14H2,2-4H3. The predicted molar refractivity (Wildman–Crippen MR) is 103 cm³/mol. The van der Waals surface area contributed by atoms with Gasteiger partial charge in [-0.05, 0) is 45.5 Å². The zero-order valence-corrected chi connectivity index (χ0v) is 15.9. The number of aryl methyl sites for hydroxylation is 1. The van der Waals surface area contributed by atoms with Gasteiger partial charge in [0.25, 0.3) is 11.8 Å². The SMILES string of the molecule is C=CCN1C(=O)C(c2ccc(C)cc2)=C(N(C)C2CCN(C)CC2)C1=O. The number of nitrogens with zero attached hydrogens (tertiary/aromatic N) is 3. The highest BCUT2D eigenvalue weighted by Crippen LogP contribution is 2.33. The largest absolute Gasteiger partial charge is 0.366 e. The summed E-state index contributed by atoms with van der Waals surface area (Å²) in [6, 6.07) is 8.07. The second-order valence-electron chi connectivity index (χ2n) is 7.24. The number of benzene rings is 1. The third kappa shape index (κ3) is 3.31. The molecule has 0 N–H and O–H groups in total. The predicted octanol–water partition coefficient (Wildman–Crippen LogP) is 2.29. The van der Waals surface area contributed by atoms with Crippen molar-refractivity contribution in [1.29, 1.82) is 0 Å². The van der Waals surface area contributed by atoms with Crippen LogP contribution in [0.25, 0.3) is 5.57 Å². The van der Waals surface area contributed by atoms with E-state index in [0.717, 1.165) is 37.1 Å². The van der Waals surface area contributed by atoms with Crippen LogP contribution in [0.1, 0.15) is 24.0 Å². The normalized spacial score (nSPS) is 19.4. The average molecular weight is 353 g/mol. The van der Waals surface area contributed by atoms with Gasteiger partial charge in [0, 0.05) is 19.6 Å². The first-order valence-corrected chi connectivity index (χ1v) is 9.13. The van der Waals surface area contributed by atoms with Gasteiger partial charge in [-0.2, -0.15) is 0 Å². The Morgan fingerprint density at radius 3 is 2.35 bits per heavy atom. The smallest absolute Gasteiger partial charge is 0.278 e. The van der Waals surface area contributed by atoms with Crippen molar-refractivity contribution in [2.75, 3.05) is 33.7 Å². The van der Waals surface area contributed by atoms with Gasteiger partial charge in [-0.1, -0.05) is 35.9 Å². The molecule has 0 unspecified atom stereocenters. The number of carbonyl (C=O) groups excluding carboxylic acids is 2. The van der Waals surface area contributed by atoms with Crippen molar-refractivity contribution < 1.29 is 9.59 Å². The first-order chi connectivity index (χ1) is 12.4. The lowest BCUT2D eigenvalue weighted by atomic mass is 9.99. The second kappa shape index (κ2) is 7.46. The molecule has 0 spiro atoms. The quantitative estimate of drug-likeness (QED) is 0.602. The zero-order chi connectivity index (χ0) is 18.8. The van der Waals surface area contributed by atoms with E-state index in [0.29, 0.717) is 11.3 Å². The highest BCUT2D eigenvalue weighted by molar-refractivity contribution is 6.35. The molecule has 0 aliphatic carbocycles. The van der Waals surface area contributed by atoms with Crippen molar-refractivity contribution in [2.45, 2.75) is 25.8 Å². The molecule has 0 bridgehead atoms. The minimum Gasteiger partial charge on any atom is -0.366 e. The molecule has 138 valence electrons. The molecule has 5 heteroatoms. The van der Waals surface area contributed by atoms with Crippen LogP contribution in [-0.2, 0) is 9.59 Å². The molecule has 2 aliphatic heterocycles. The van der Waals surface area contributed by atoms with Gasteiger partial charge < -0.3 is 9.80 Å². The average Bonchev–Trinajstić information content (AvgIpc) is 2.87. The lowest BCUT2D eigenvalue weighted by Gasteiger charge is -2.36. The summed E-state index contributed by atoms with van der Waals surface area (Å²) in [7, 11) is 4.06. The van der Waals surface area contributed by atoms with Gasteiger partial charge in [0.2, 0.25) is 0 Å². The molecule has 1 aromatic carbocycles. The third-order valence-corrected chi connectivity index (χ3v) is 5.38. The zero-order valence-electron chi connectivity index (χ0n) is 15.9. The van der Waals surface area contributed by atoms with Crippen LogP contribution in [0.2, 0.25) is 0 Å². The van der Waals surface area contributed by atoms with Gasteiger partial charge in [0.15, 0.2) is 0 Å². The Bertz CT molecular complexity index is 743. The maximum atomic E-state index is 13.1. The van der Waals surface area contributed by atoms with E-state index < -0.39 is 0 Å². The lowest BCUT2D eigenvalue weighted by Crippen LogP contribution is -2.43. The highest BCUT2D eigenvalue weighted by atomic mass is 16.2. The fourth-order valence-electron chi connectivity index (χ4n) is 3.73. The number of imide groups is 1. The van der Waals surface area contributed by atoms with E-state index in [4.69, 9.17) is 0 Å². The summed E-state index contributed by atoms with van der Waals surface area (Å²) in [5.41, 5.74) is 2.96. The van der Waals surface area contributed by atoms with E-state index in [1.807, 2.05) is 43.1 Å². The van der Waals surface area contributed by atoms with Crippen LogP contribution in [0.3, 0.4) is 0 Å². The van der Waals surface area contributed by atoms with Crippen LogP contribution in [0.15, 0.2) is 42.6 Å². The molecule has 2 heterocycles. The molecule has 1 aromatic rings. The number of hydrogen-bond donors (Lipinski definition) is 0. The molecule has 0 saturated carbocycles. The highest BCUT2D eigenvalue weighted by Gasteiger charge is 2.41. The summed E-state index contributed by atoms with van der Waals surface area (Å²) in [5.74, 6) is -0.444. The summed E-state index contributed by atoms with van der Waals surface area (Å²) in [4.78, 5) is 31.7. The second-order valence-corrected chi connectivity index (χ2v) is 7.24. The van der Waals surface area contributed by atoms with Crippen molar-refractivity contribution in [3.8, 4) is 0 Å². The van der Waals surface area contributed by atoms with Crippen LogP contribution < -0.4 is 0 Å². The molecule has 2 amide bonds. The van der Waals surface area contributed by atoms with E-state index >= 15 is 0 Å². The third-order valence-electron chi connectivity index (χ3n) is 5.38. The number of piperidine rings is 1. The summed E-state index contributed by atoms with van der Waals surface area (Å²) >= 11 is 0. The number of hydrogen-bond acceptors (Lipinski definition) is 4. The lowest BCUT2D eigenvalue weighted by molar-refractivity contribution is -0.137. The summed E-state index contributed by atoms with van der Waals surface area (Å²) in [5, 5.41) is 0. The monoisotopic (exact) mass is 353 g/mol. The minimum absolute atomic E-state index is 0.216. The maximum absolute atomic E-state index is 13.1. The van der Waals surface area contributed by atoms with Gasteiger partial charge in [0.1, 0.15) is 5.70 Å². The first kappa shape index (κ1) is 18.4. The molecular weight excluding hydrogens is 326 g/mol. The van der Waals surface area contributed by atoms with Gasteiger partial charge >= 0.3 is 0 Å². The Morgan fingerprint density at radius 1 is 1.15 bits per heavy atom. The van der Waals surface area contributed by atoms with Crippen LogP contribution in [-0.4, -0.2) is 66.3 Å². The van der Waals surface area contributed by atoms with Crippen molar-refractivity contribution in [1.82, 2.24) is 14.7 Å². The molecule has 26 heavy (non-hydrogen) atoms. The minimum atomic E-state index is -0.228. The summed E-state index contributed by atoms with van der Waals surface area (Å²) in [6.45, 7) is 7.93. The number of rotatable bonds is 5. The Hall–Kier alpha value is -2.40. The number of amides is 2. The fourth-order valence-corrected chi connectivity index (χ4v) is 3.73. The number of carbonyl (C=O) groups is 2. The molecule has 0 radical (unpaired) electrons. The van der Waals surface area contributed by atoms with E-state index in [2.05, 4.69) is 18.5 Å². The van der Waals surface area contributed by atoms with Gasteiger partial charge in [-0.3, -0.25) is 14.5 Å². The van der Waals surface area contributed by atoms with E-state index in [9.17, 15) is 9.59 Å². The Balaban J connectivity index is 2.02. The van der Waals surface area contributed by atoms with Crippen LogP contribution >= 0.6 is 0 Å². The van der Waals surface area contributed by atoms with Crippen LogP contribution in [0.4, 0.5) is 0 Å². The van der Waals surface area contributed by atoms with E-state index in [-0.39, 0.29) is 24.4 Å². The van der Waals surface area contributed by atoms with E-state index in [1.54, 1.807) is 6.08 Å². The van der Waals surface area contributed by atoms with Crippen molar-refractivity contribution in [2.24, 2.45) is 0 Å². The fraction of sp³-hybridized carbons (Fsp3) is 0.429. The maximum Gasteiger partial charge on any atom is 0.278 e. The first-order valence-electron chi connectivity index (χ1n) is 9.13. The van der Waals surface area contributed by atoms with Gasteiger partial charge in [-0.15, -0.1) is 6.58 Å². The molecule has 2 aliphatic rings. The molecule has 1 fully saturated rings. The van der Waals surface area contributed by atoms with Crippen LogP contribution in [0, 0.1) is 6.92 Å². The summed E-state index contributed by atoms with van der Waals surface area (Å²) in [6.07, 6.45) is 3.57. The van der Waals surface area contributed by atoms with Crippen LogP contribution in [0.5, 0.6) is 0 Å². The molecular formula is C21H27N3O2. The van der Waals surface area contributed by atoms with Gasteiger partial charge in [0.05, 0.1) is 5.57 Å². The molecule has 3 rings (SSSR count). The van der Waals surface area contributed by atoms with Gasteiger partial charge in [-0.25, -0.2) is 0 Å². The molecule has 0 atom stereocenters. The Kier molecular flexibility index (Phi) is 5.28. The topological polar surface area (TPSA) is 43.9 Å².